The van der Waals surface area contributed by atoms with Gasteiger partial charge in [0.2, 0.25) is 0 Å². The lowest BCUT2D eigenvalue weighted by atomic mass is 9.92. The number of carbonyl (C=O) groups is 3. The molecule has 0 bridgehead atoms. The molecule has 6 heteroatoms. The summed E-state index contributed by atoms with van der Waals surface area (Å²) >= 11 is 0. The molecule has 0 radical (unpaired) electrons. The quantitative estimate of drug-likeness (QED) is 0.812. The topological polar surface area (TPSA) is 69.7 Å². The molecule has 126 valence electrons. The molecular formula is C18H21N3O3. The van der Waals surface area contributed by atoms with Gasteiger partial charge in [-0.2, -0.15) is 0 Å². The Morgan fingerprint density at radius 1 is 1.08 bits per heavy atom. The Labute approximate surface area is 140 Å². The van der Waals surface area contributed by atoms with Crippen LogP contribution in [-0.2, 0) is 16.1 Å². The van der Waals surface area contributed by atoms with Crippen LogP contribution in [0.5, 0.6) is 0 Å². The lowest BCUT2D eigenvalue weighted by Gasteiger charge is -2.30. The van der Waals surface area contributed by atoms with Crippen molar-refractivity contribution < 1.29 is 14.4 Å². The minimum atomic E-state index is -0.440. The van der Waals surface area contributed by atoms with Crippen molar-refractivity contribution in [3.05, 3.63) is 29.3 Å². The molecule has 1 aromatic rings. The summed E-state index contributed by atoms with van der Waals surface area (Å²) in [5.41, 5.74) is 2.81. The molecule has 1 N–H and O–H groups in total. The Bertz CT molecular complexity index is 709. The van der Waals surface area contributed by atoms with Crippen LogP contribution in [-0.4, -0.2) is 54.6 Å². The smallest absolute Gasteiger partial charge is 0.255 e. The maximum Gasteiger partial charge on any atom is 0.255 e. The van der Waals surface area contributed by atoms with Crippen molar-refractivity contribution >= 4 is 23.2 Å². The second-order valence-corrected chi connectivity index (χ2v) is 6.75. The number of fused-ring (bicyclic) bond motifs is 1. The number of rotatable bonds is 2. The number of anilines is 1. The summed E-state index contributed by atoms with van der Waals surface area (Å²) in [6, 6.07) is 5.52. The molecule has 2 aliphatic heterocycles. The van der Waals surface area contributed by atoms with Gasteiger partial charge in [-0.05, 0) is 30.2 Å². The first kappa shape index (κ1) is 15.3. The number of piperazine rings is 1. The highest BCUT2D eigenvalue weighted by molar-refractivity contribution is 6.07. The molecule has 3 aliphatic rings. The Morgan fingerprint density at radius 3 is 2.62 bits per heavy atom. The average molecular weight is 327 g/mol. The van der Waals surface area contributed by atoms with Gasteiger partial charge in [0.25, 0.3) is 5.91 Å². The van der Waals surface area contributed by atoms with E-state index in [0.29, 0.717) is 24.9 Å². The van der Waals surface area contributed by atoms with Crippen molar-refractivity contribution in [2.24, 2.45) is 0 Å². The maximum absolute atomic E-state index is 12.7. The van der Waals surface area contributed by atoms with Crippen molar-refractivity contribution in [2.75, 3.05) is 31.1 Å². The van der Waals surface area contributed by atoms with E-state index >= 15 is 0 Å². The third-order valence-corrected chi connectivity index (χ3v) is 5.22. The zero-order valence-electron chi connectivity index (χ0n) is 13.6. The third-order valence-electron chi connectivity index (χ3n) is 5.22. The van der Waals surface area contributed by atoms with Gasteiger partial charge >= 0.3 is 0 Å². The SMILES string of the molecule is O=C1CC[C@H](N2Cc3cc(N4CCNCC4)ccc3C2=O)C(=O)C1. The molecule has 0 unspecified atom stereocenters. The first-order valence-corrected chi connectivity index (χ1v) is 8.57. The van der Waals surface area contributed by atoms with Crippen LogP contribution in [0.4, 0.5) is 5.69 Å². The fraction of sp³-hybridized carbons (Fsp3) is 0.500. The van der Waals surface area contributed by atoms with Gasteiger partial charge in [-0.1, -0.05) is 0 Å². The predicted octanol–water partition coefficient (Wildman–Crippen LogP) is 0.743. The number of ketones is 2. The van der Waals surface area contributed by atoms with Gasteiger partial charge in [-0.25, -0.2) is 0 Å². The fourth-order valence-corrected chi connectivity index (χ4v) is 3.89. The largest absolute Gasteiger partial charge is 0.369 e. The molecule has 4 rings (SSSR count). The van der Waals surface area contributed by atoms with E-state index in [2.05, 4.69) is 16.3 Å². The predicted molar refractivity (Wildman–Crippen MR) is 89.1 cm³/mol. The lowest BCUT2D eigenvalue weighted by Crippen LogP contribution is -2.44. The molecule has 24 heavy (non-hydrogen) atoms. The van der Waals surface area contributed by atoms with Gasteiger partial charge in [0.1, 0.15) is 5.78 Å². The molecule has 1 amide bonds. The number of amides is 1. The molecule has 1 aromatic carbocycles. The van der Waals surface area contributed by atoms with E-state index in [-0.39, 0.29) is 23.9 Å². The van der Waals surface area contributed by atoms with Crippen molar-refractivity contribution in [1.82, 2.24) is 10.2 Å². The number of nitrogens with zero attached hydrogens (tertiary/aromatic N) is 2. The third kappa shape index (κ3) is 2.60. The van der Waals surface area contributed by atoms with Crippen LogP contribution in [0.2, 0.25) is 0 Å². The molecule has 1 saturated carbocycles. The molecular weight excluding hydrogens is 306 g/mol. The molecule has 0 aromatic heterocycles. The van der Waals surface area contributed by atoms with E-state index in [0.717, 1.165) is 37.4 Å². The monoisotopic (exact) mass is 327 g/mol. The molecule has 1 saturated heterocycles. The maximum atomic E-state index is 12.7. The van der Waals surface area contributed by atoms with Gasteiger partial charge < -0.3 is 15.1 Å². The number of carbonyl (C=O) groups excluding carboxylic acids is 3. The first-order valence-electron chi connectivity index (χ1n) is 8.57. The van der Waals surface area contributed by atoms with Gasteiger partial charge in [0, 0.05) is 50.4 Å². The number of hydrogen-bond acceptors (Lipinski definition) is 5. The summed E-state index contributed by atoms with van der Waals surface area (Å²) in [7, 11) is 0. The van der Waals surface area contributed by atoms with E-state index in [1.165, 1.54) is 0 Å². The second kappa shape index (κ2) is 6.02. The summed E-state index contributed by atoms with van der Waals surface area (Å²) in [4.78, 5) is 40.2. The van der Waals surface area contributed by atoms with Crippen molar-refractivity contribution in [3.8, 4) is 0 Å². The Balaban J connectivity index is 1.55. The van der Waals surface area contributed by atoms with Gasteiger partial charge in [0.05, 0.1) is 12.5 Å². The van der Waals surface area contributed by atoms with Crippen LogP contribution in [0.1, 0.15) is 35.2 Å². The van der Waals surface area contributed by atoms with E-state index in [1.807, 2.05) is 12.1 Å². The number of benzene rings is 1. The van der Waals surface area contributed by atoms with E-state index in [9.17, 15) is 14.4 Å². The Kier molecular flexibility index (Phi) is 3.84. The van der Waals surface area contributed by atoms with Crippen LogP contribution >= 0.6 is 0 Å². The molecule has 2 fully saturated rings. The van der Waals surface area contributed by atoms with E-state index in [1.54, 1.807) is 4.90 Å². The molecule has 2 heterocycles. The van der Waals surface area contributed by atoms with Crippen LogP contribution in [0, 0.1) is 0 Å². The first-order chi connectivity index (χ1) is 11.6. The summed E-state index contributed by atoms with van der Waals surface area (Å²) in [5, 5.41) is 3.33. The molecule has 1 aliphatic carbocycles. The highest BCUT2D eigenvalue weighted by Crippen LogP contribution is 2.31. The summed E-state index contributed by atoms with van der Waals surface area (Å²) in [6.45, 7) is 4.32. The standard InChI is InChI=1S/C18H21N3O3/c22-14-2-4-16(17(23)10-14)21-11-12-9-13(1-3-15(12)18(21)24)20-7-5-19-6-8-20/h1,3,9,16,19H,2,4-8,10-11H2/t16-/m0/s1. The van der Waals surface area contributed by atoms with Crippen molar-refractivity contribution in [1.29, 1.82) is 0 Å². The van der Waals surface area contributed by atoms with Crippen LogP contribution in [0.15, 0.2) is 18.2 Å². The van der Waals surface area contributed by atoms with Crippen LogP contribution in [0.25, 0.3) is 0 Å². The highest BCUT2D eigenvalue weighted by atomic mass is 16.2. The zero-order valence-corrected chi connectivity index (χ0v) is 13.6. The second-order valence-electron chi connectivity index (χ2n) is 6.75. The Morgan fingerprint density at radius 2 is 1.88 bits per heavy atom. The van der Waals surface area contributed by atoms with E-state index in [4.69, 9.17) is 0 Å². The van der Waals surface area contributed by atoms with Crippen LogP contribution in [0.3, 0.4) is 0 Å². The molecule has 1 atom stereocenters. The van der Waals surface area contributed by atoms with Gasteiger partial charge in [0.15, 0.2) is 5.78 Å². The summed E-state index contributed by atoms with van der Waals surface area (Å²) in [5.74, 6) is -0.208. The number of hydrogen-bond donors (Lipinski definition) is 1. The zero-order chi connectivity index (χ0) is 16.7. The minimum absolute atomic E-state index is 0.0126. The minimum Gasteiger partial charge on any atom is -0.369 e. The van der Waals surface area contributed by atoms with Crippen molar-refractivity contribution in [3.63, 3.8) is 0 Å². The number of nitrogens with one attached hydrogen (secondary N) is 1. The van der Waals surface area contributed by atoms with Gasteiger partial charge in [-0.15, -0.1) is 0 Å². The summed E-state index contributed by atoms with van der Waals surface area (Å²) in [6.07, 6.45) is 0.821. The average Bonchev–Trinajstić information content (AvgIpc) is 2.92. The highest BCUT2D eigenvalue weighted by Gasteiger charge is 2.39. The number of Topliss-reactive ketones (excluding diaryl/α,β-unsaturated/α-hetero) is 2. The Hall–Kier alpha value is -2.21. The normalized spacial score (nSPS) is 24.5. The van der Waals surface area contributed by atoms with Gasteiger partial charge in [-0.3, -0.25) is 14.4 Å². The summed E-state index contributed by atoms with van der Waals surface area (Å²) < 4.78 is 0. The van der Waals surface area contributed by atoms with E-state index < -0.39 is 6.04 Å². The fourth-order valence-electron chi connectivity index (χ4n) is 3.89. The lowest BCUT2D eigenvalue weighted by molar-refractivity contribution is -0.133. The van der Waals surface area contributed by atoms with Crippen molar-refractivity contribution in [2.45, 2.75) is 31.8 Å². The molecule has 6 nitrogen and oxygen atoms in total. The van der Waals surface area contributed by atoms with Crippen LogP contribution < -0.4 is 10.2 Å². The molecule has 0 spiro atoms.